The van der Waals surface area contributed by atoms with Gasteiger partial charge in [0.25, 0.3) is 5.91 Å². The molecule has 1 amide bonds. The zero-order chi connectivity index (χ0) is 20.8. The zero-order valence-electron chi connectivity index (χ0n) is 16.7. The highest BCUT2D eigenvalue weighted by Crippen LogP contribution is 2.22. The molecule has 0 saturated heterocycles. The number of rotatable bonds is 7. The minimum absolute atomic E-state index is 0.0257. The second-order valence-electron chi connectivity index (χ2n) is 7.03. The highest BCUT2D eigenvalue weighted by atomic mass is 16.5. The first-order chi connectivity index (χ1) is 14.7. The summed E-state index contributed by atoms with van der Waals surface area (Å²) in [5.74, 6) is 0.510. The summed E-state index contributed by atoms with van der Waals surface area (Å²) in [6.45, 7) is 1.93. The Morgan fingerprint density at radius 2 is 1.67 bits per heavy atom. The first-order valence-corrected chi connectivity index (χ1v) is 9.85. The summed E-state index contributed by atoms with van der Waals surface area (Å²) in [4.78, 5) is 16.3. The molecule has 0 fully saturated rings. The highest BCUT2D eigenvalue weighted by molar-refractivity contribution is 5.78. The lowest BCUT2D eigenvalue weighted by Crippen LogP contribution is -2.31. The van der Waals surface area contributed by atoms with Crippen LogP contribution in [0.3, 0.4) is 0 Å². The van der Waals surface area contributed by atoms with Gasteiger partial charge in [0.15, 0.2) is 6.61 Å². The summed E-state index contributed by atoms with van der Waals surface area (Å²) in [5, 5.41) is 2.97. The summed E-state index contributed by atoms with van der Waals surface area (Å²) in [6, 6.07) is 25.8. The molecule has 0 aliphatic rings. The van der Waals surface area contributed by atoms with E-state index in [0.29, 0.717) is 5.75 Å². The first kappa shape index (κ1) is 19.5. The number of aromatic nitrogens is 2. The molecule has 150 valence electrons. The standard InChI is InChI=1S/C25H23N3O2/c1-19(20-7-11-23(12-8-20)28-16-15-26-18-28)27-25(29)17-30-24-13-9-22(10-14-24)21-5-3-2-4-6-21/h2-16,18-19H,17H2,1H3,(H,27,29). The van der Waals surface area contributed by atoms with Gasteiger partial charge >= 0.3 is 0 Å². The molecule has 0 aliphatic heterocycles. The lowest BCUT2D eigenvalue weighted by molar-refractivity contribution is -0.123. The minimum Gasteiger partial charge on any atom is -0.484 e. The number of hydrogen-bond donors (Lipinski definition) is 1. The van der Waals surface area contributed by atoms with Crippen LogP contribution in [-0.4, -0.2) is 22.1 Å². The number of benzene rings is 3. The molecule has 1 aromatic heterocycles. The lowest BCUT2D eigenvalue weighted by atomic mass is 10.1. The molecule has 3 aromatic carbocycles. The van der Waals surface area contributed by atoms with Crippen LogP contribution in [-0.2, 0) is 4.79 Å². The molecule has 30 heavy (non-hydrogen) atoms. The van der Waals surface area contributed by atoms with Gasteiger partial charge in [-0.2, -0.15) is 0 Å². The quantitative estimate of drug-likeness (QED) is 0.488. The molecule has 1 atom stereocenters. The number of amides is 1. The molecule has 5 heteroatoms. The summed E-state index contributed by atoms with van der Waals surface area (Å²) >= 11 is 0. The van der Waals surface area contributed by atoms with Crippen LogP contribution in [0.5, 0.6) is 5.75 Å². The van der Waals surface area contributed by atoms with Crippen molar-refractivity contribution in [1.82, 2.24) is 14.9 Å². The highest BCUT2D eigenvalue weighted by Gasteiger charge is 2.10. The minimum atomic E-state index is -0.159. The molecule has 4 rings (SSSR count). The normalized spacial score (nSPS) is 11.6. The second kappa shape index (κ2) is 9.09. The molecule has 0 aliphatic carbocycles. The fraction of sp³-hybridized carbons (Fsp3) is 0.120. The van der Waals surface area contributed by atoms with Gasteiger partial charge in [-0.1, -0.05) is 54.6 Å². The molecule has 0 spiro atoms. The van der Waals surface area contributed by atoms with Crippen LogP contribution in [0.4, 0.5) is 0 Å². The summed E-state index contributed by atoms with van der Waals surface area (Å²) in [5.41, 5.74) is 4.31. The van der Waals surface area contributed by atoms with E-state index in [4.69, 9.17) is 4.74 Å². The van der Waals surface area contributed by atoms with Gasteiger partial charge in [-0.05, 0) is 47.9 Å². The molecule has 0 saturated carbocycles. The topological polar surface area (TPSA) is 56.1 Å². The van der Waals surface area contributed by atoms with Crippen LogP contribution in [0.25, 0.3) is 16.8 Å². The predicted molar refractivity (Wildman–Crippen MR) is 117 cm³/mol. The van der Waals surface area contributed by atoms with Crippen molar-refractivity contribution in [2.75, 3.05) is 6.61 Å². The zero-order valence-corrected chi connectivity index (χ0v) is 16.7. The van der Waals surface area contributed by atoms with Crippen LogP contribution in [0, 0.1) is 0 Å². The molecular formula is C25H23N3O2. The molecule has 1 unspecified atom stereocenters. The number of carbonyl (C=O) groups excluding carboxylic acids is 1. The van der Waals surface area contributed by atoms with Gasteiger partial charge in [0, 0.05) is 18.1 Å². The van der Waals surface area contributed by atoms with E-state index in [1.54, 1.807) is 12.5 Å². The SMILES string of the molecule is CC(NC(=O)COc1ccc(-c2ccccc2)cc1)c1ccc(-n2ccnc2)cc1. The Balaban J connectivity index is 1.29. The second-order valence-corrected chi connectivity index (χ2v) is 7.03. The van der Waals surface area contributed by atoms with Crippen molar-refractivity contribution in [3.63, 3.8) is 0 Å². The van der Waals surface area contributed by atoms with Gasteiger partial charge in [0.2, 0.25) is 0 Å². The Bertz CT molecular complexity index is 1070. The fourth-order valence-corrected chi connectivity index (χ4v) is 3.24. The first-order valence-electron chi connectivity index (χ1n) is 9.85. The van der Waals surface area contributed by atoms with Crippen LogP contribution in [0.2, 0.25) is 0 Å². The Morgan fingerprint density at radius 1 is 0.967 bits per heavy atom. The third kappa shape index (κ3) is 4.75. The average molecular weight is 397 g/mol. The smallest absolute Gasteiger partial charge is 0.258 e. The maximum atomic E-state index is 12.3. The number of carbonyl (C=O) groups is 1. The summed E-state index contributed by atoms with van der Waals surface area (Å²) in [6.07, 6.45) is 5.39. The van der Waals surface area contributed by atoms with Gasteiger partial charge in [0.1, 0.15) is 5.75 Å². The Hall–Kier alpha value is -3.86. The van der Waals surface area contributed by atoms with Crippen molar-refractivity contribution in [2.45, 2.75) is 13.0 Å². The summed E-state index contributed by atoms with van der Waals surface area (Å²) in [7, 11) is 0. The van der Waals surface area contributed by atoms with E-state index in [1.807, 2.05) is 84.4 Å². The van der Waals surface area contributed by atoms with E-state index < -0.39 is 0 Å². The number of nitrogens with zero attached hydrogens (tertiary/aromatic N) is 2. The van der Waals surface area contributed by atoms with Crippen LogP contribution >= 0.6 is 0 Å². The number of hydrogen-bond acceptors (Lipinski definition) is 3. The summed E-state index contributed by atoms with van der Waals surface area (Å²) < 4.78 is 7.58. The molecular weight excluding hydrogens is 374 g/mol. The van der Waals surface area contributed by atoms with Crippen LogP contribution in [0.1, 0.15) is 18.5 Å². The van der Waals surface area contributed by atoms with E-state index in [-0.39, 0.29) is 18.6 Å². The fourth-order valence-electron chi connectivity index (χ4n) is 3.24. The lowest BCUT2D eigenvalue weighted by Gasteiger charge is -2.15. The van der Waals surface area contributed by atoms with Gasteiger partial charge in [0.05, 0.1) is 12.4 Å². The average Bonchev–Trinajstić information content (AvgIpc) is 3.34. The van der Waals surface area contributed by atoms with E-state index in [0.717, 1.165) is 22.4 Å². The third-order valence-corrected chi connectivity index (χ3v) is 4.90. The van der Waals surface area contributed by atoms with E-state index in [1.165, 1.54) is 0 Å². The number of nitrogens with one attached hydrogen (secondary N) is 1. The van der Waals surface area contributed by atoms with Crippen molar-refractivity contribution in [3.8, 4) is 22.6 Å². The predicted octanol–water partition coefficient (Wildman–Crippen LogP) is 4.80. The van der Waals surface area contributed by atoms with Crippen molar-refractivity contribution in [2.24, 2.45) is 0 Å². The van der Waals surface area contributed by atoms with Crippen LogP contribution < -0.4 is 10.1 Å². The van der Waals surface area contributed by atoms with E-state index >= 15 is 0 Å². The van der Waals surface area contributed by atoms with Crippen molar-refractivity contribution < 1.29 is 9.53 Å². The maximum absolute atomic E-state index is 12.3. The molecule has 0 bridgehead atoms. The third-order valence-electron chi connectivity index (χ3n) is 4.90. The van der Waals surface area contributed by atoms with Crippen LogP contribution in [0.15, 0.2) is 97.6 Å². The molecule has 4 aromatic rings. The van der Waals surface area contributed by atoms with E-state index in [2.05, 4.69) is 22.4 Å². The number of imidazole rings is 1. The van der Waals surface area contributed by atoms with Crippen molar-refractivity contribution >= 4 is 5.91 Å². The Kier molecular flexibility index (Phi) is 5.90. The molecule has 0 radical (unpaired) electrons. The largest absolute Gasteiger partial charge is 0.484 e. The van der Waals surface area contributed by atoms with Gasteiger partial charge in [-0.25, -0.2) is 4.98 Å². The Labute approximate surface area is 176 Å². The van der Waals surface area contributed by atoms with E-state index in [9.17, 15) is 4.79 Å². The Morgan fingerprint density at radius 3 is 2.33 bits per heavy atom. The number of ether oxygens (including phenoxy) is 1. The molecule has 1 heterocycles. The van der Waals surface area contributed by atoms with Crippen molar-refractivity contribution in [3.05, 3.63) is 103 Å². The monoisotopic (exact) mass is 397 g/mol. The maximum Gasteiger partial charge on any atom is 0.258 e. The van der Waals surface area contributed by atoms with Crippen molar-refractivity contribution in [1.29, 1.82) is 0 Å². The van der Waals surface area contributed by atoms with Gasteiger partial charge in [-0.15, -0.1) is 0 Å². The molecule has 5 nitrogen and oxygen atoms in total. The van der Waals surface area contributed by atoms with Gasteiger partial charge < -0.3 is 14.6 Å². The molecule has 1 N–H and O–H groups in total. The van der Waals surface area contributed by atoms with Gasteiger partial charge in [-0.3, -0.25) is 4.79 Å².